The van der Waals surface area contributed by atoms with Crippen molar-refractivity contribution in [2.24, 2.45) is 0 Å². The van der Waals surface area contributed by atoms with Crippen molar-refractivity contribution in [3.8, 4) is 17.2 Å². The molecular weight excluding hydrogens is 598 g/mol. The average molecular weight is 636 g/mol. The number of thioether (sulfide) groups is 1. The van der Waals surface area contributed by atoms with Crippen LogP contribution >= 0.6 is 23.4 Å². The number of halogens is 1. The molecule has 3 aromatic rings. The van der Waals surface area contributed by atoms with Gasteiger partial charge in [0.15, 0.2) is 0 Å². The fraction of sp³-hybridized carbons (Fsp3) is 0.353. The van der Waals surface area contributed by atoms with E-state index < -0.39 is 0 Å². The van der Waals surface area contributed by atoms with Crippen molar-refractivity contribution in [3.63, 3.8) is 0 Å². The number of rotatable bonds is 14. The minimum Gasteiger partial charge on any atom is -0.494 e. The molecule has 0 N–H and O–H groups in total. The van der Waals surface area contributed by atoms with Gasteiger partial charge in [-0.25, -0.2) is 4.90 Å². The Labute approximate surface area is 268 Å². The third-order valence-corrected chi connectivity index (χ3v) is 8.66. The number of carbonyl (C=O) groups is 2. The van der Waals surface area contributed by atoms with Crippen LogP contribution in [0.25, 0.3) is 6.08 Å². The topological polar surface area (TPSA) is 71.6 Å². The van der Waals surface area contributed by atoms with Gasteiger partial charge in [0.05, 0.1) is 17.2 Å². The number of imide groups is 1. The first-order chi connectivity index (χ1) is 21.5. The van der Waals surface area contributed by atoms with Crippen molar-refractivity contribution in [2.45, 2.75) is 19.3 Å². The second-order valence-electron chi connectivity index (χ2n) is 10.7. The third kappa shape index (κ3) is 9.09. The number of benzene rings is 3. The highest BCUT2D eigenvalue weighted by molar-refractivity contribution is 8.19. The second-order valence-corrected chi connectivity index (χ2v) is 12.2. The molecule has 0 spiro atoms. The van der Waals surface area contributed by atoms with Crippen LogP contribution in [-0.2, 0) is 9.53 Å². The van der Waals surface area contributed by atoms with Gasteiger partial charge in [0, 0.05) is 51.5 Å². The van der Waals surface area contributed by atoms with Crippen LogP contribution < -0.4 is 14.4 Å². The number of carbonyl (C=O) groups excluding carboxylic acids is 2. The minimum atomic E-state index is -0.342. The number of hydrogen-bond acceptors (Lipinski definition) is 8. The summed E-state index contributed by atoms with van der Waals surface area (Å²) in [6.45, 7) is 8.14. The van der Waals surface area contributed by atoms with Gasteiger partial charge < -0.3 is 24.0 Å². The molecule has 10 heteroatoms. The van der Waals surface area contributed by atoms with Crippen LogP contribution in [-0.4, -0.2) is 80.5 Å². The summed E-state index contributed by atoms with van der Waals surface area (Å²) < 4.78 is 16.9. The van der Waals surface area contributed by atoms with E-state index in [-0.39, 0.29) is 11.1 Å². The maximum absolute atomic E-state index is 13.1. The lowest BCUT2D eigenvalue weighted by atomic mass is 10.2. The molecule has 0 radical (unpaired) electrons. The lowest BCUT2D eigenvalue weighted by Gasteiger charge is -2.34. The van der Waals surface area contributed by atoms with Crippen LogP contribution in [0.5, 0.6) is 17.2 Å². The molecule has 3 aromatic carbocycles. The Bertz CT molecular complexity index is 1410. The van der Waals surface area contributed by atoms with E-state index in [1.807, 2.05) is 36.4 Å². The van der Waals surface area contributed by atoms with Gasteiger partial charge >= 0.3 is 0 Å². The number of anilines is 1. The van der Waals surface area contributed by atoms with Gasteiger partial charge in [0.2, 0.25) is 0 Å². The van der Waals surface area contributed by atoms with Crippen molar-refractivity contribution in [3.05, 3.63) is 88.3 Å². The van der Waals surface area contributed by atoms with Crippen molar-refractivity contribution in [1.29, 1.82) is 0 Å². The quantitative estimate of drug-likeness (QED) is 0.136. The molecule has 2 fully saturated rings. The predicted octanol–water partition coefficient (Wildman–Crippen LogP) is 7.19. The summed E-state index contributed by atoms with van der Waals surface area (Å²) >= 11 is 6.86. The van der Waals surface area contributed by atoms with Crippen molar-refractivity contribution in [1.82, 2.24) is 9.80 Å². The summed E-state index contributed by atoms with van der Waals surface area (Å²) in [5.41, 5.74) is 1.32. The van der Waals surface area contributed by atoms with E-state index in [0.717, 1.165) is 88.2 Å². The smallest absolute Gasteiger partial charge is 0.298 e. The van der Waals surface area contributed by atoms with Gasteiger partial charge in [0.1, 0.15) is 17.2 Å². The second kappa shape index (κ2) is 16.1. The maximum Gasteiger partial charge on any atom is 0.298 e. The number of methoxy groups -OCH3 is 1. The number of ether oxygens (including phenoxy) is 3. The molecule has 5 rings (SSSR count). The van der Waals surface area contributed by atoms with E-state index in [2.05, 4.69) is 9.80 Å². The zero-order valence-electron chi connectivity index (χ0n) is 25.0. The highest BCUT2D eigenvalue weighted by Crippen LogP contribution is 2.36. The normalized spacial score (nSPS) is 17.0. The van der Waals surface area contributed by atoms with Gasteiger partial charge in [-0.05, 0) is 110 Å². The van der Waals surface area contributed by atoms with Gasteiger partial charge in [0.25, 0.3) is 11.1 Å². The fourth-order valence-corrected chi connectivity index (χ4v) is 6.07. The molecule has 44 heavy (non-hydrogen) atoms. The van der Waals surface area contributed by atoms with Crippen LogP contribution in [0.15, 0.2) is 77.7 Å². The summed E-state index contributed by atoms with van der Waals surface area (Å²) in [6, 6.07) is 21.6. The molecule has 2 aliphatic heterocycles. The SMILES string of the molecule is COCCCN1CCN(CCCCOc2ccc(N3C(=O)SC(=Cc4ccc(Oc5ccc(Cl)cc5)cc4)C3=O)cc2)CC1. The Morgan fingerprint density at radius 1 is 0.750 bits per heavy atom. The average Bonchev–Trinajstić information content (AvgIpc) is 3.32. The van der Waals surface area contributed by atoms with Crippen LogP contribution in [0.2, 0.25) is 5.02 Å². The number of amides is 2. The molecule has 232 valence electrons. The first-order valence-corrected chi connectivity index (χ1v) is 16.2. The zero-order chi connectivity index (χ0) is 30.7. The molecule has 2 saturated heterocycles. The molecule has 0 atom stereocenters. The largest absolute Gasteiger partial charge is 0.494 e. The highest BCUT2D eigenvalue weighted by Gasteiger charge is 2.36. The molecular formula is C34H38ClN3O5S. The Morgan fingerprint density at radius 3 is 1.98 bits per heavy atom. The Balaban J connectivity index is 1.05. The van der Waals surface area contributed by atoms with E-state index in [9.17, 15) is 9.59 Å². The molecule has 0 unspecified atom stereocenters. The molecule has 0 aromatic heterocycles. The summed E-state index contributed by atoms with van der Waals surface area (Å²) in [6.07, 6.45) is 4.87. The number of hydrogen-bond donors (Lipinski definition) is 0. The number of piperazine rings is 1. The van der Waals surface area contributed by atoms with Crippen molar-refractivity contribution >= 4 is 46.3 Å². The standard InChI is InChI=1S/C34H38ClN3O5S/c1-41-23-4-18-37-21-19-36(20-22-37)17-2-3-24-42-29-15-9-28(10-16-29)38-33(39)32(44-34(38)40)25-26-5-11-30(12-6-26)43-31-13-7-27(35)8-14-31/h5-16,25H,2-4,17-24H2,1H3. The molecule has 0 bridgehead atoms. The maximum atomic E-state index is 13.1. The van der Waals surface area contributed by atoms with Crippen molar-refractivity contribution in [2.75, 3.05) is 64.5 Å². The van der Waals surface area contributed by atoms with Gasteiger partial charge in [-0.2, -0.15) is 0 Å². The predicted molar refractivity (Wildman–Crippen MR) is 177 cm³/mol. The van der Waals surface area contributed by atoms with Crippen LogP contribution in [0.3, 0.4) is 0 Å². The lowest BCUT2D eigenvalue weighted by molar-refractivity contribution is -0.113. The number of nitrogens with zero attached hydrogens (tertiary/aromatic N) is 3. The van der Waals surface area contributed by atoms with E-state index in [0.29, 0.717) is 33.7 Å². The molecule has 2 heterocycles. The van der Waals surface area contributed by atoms with E-state index in [4.69, 9.17) is 25.8 Å². The Morgan fingerprint density at radius 2 is 1.34 bits per heavy atom. The van der Waals surface area contributed by atoms with Gasteiger partial charge in [-0.15, -0.1) is 0 Å². The lowest BCUT2D eigenvalue weighted by Crippen LogP contribution is -2.46. The summed E-state index contributed by atoms with van der Waals surface area (Å²) in [5.74, 6) is 1.71. The van der Waals surface area contributed by atoms with Crippen LogP contribution in [0.4, 0.5) is 10.5 Å². The van der Waals surface area contributed by atoms with Gasteiger partial charge in [-0.1, -0.05) is 23.7 Å². The Hall–Kier alpha value is -3.34. The summed E-state index contributed by atoms with van der Waals surface area (Å²) in [7, 11) is 1.76. The number of unbranched alkanes of at least 4 members (excludes halogenated alkanes) is 1. The minimum absolute atomic E-state index is 0.326. The van der Waals surface area contributed by atoms with E-state index in [1.54, 1.807) is 49.6 Å². The van der Waals surface area contributed by atoms with E-state index >= 15 is 0 Å². The molecule has 0 aliphatic carbocycles. The molecule has 2 amide bonds. The fourth-order valence-electron chi connectivity index (χ4n) is 5.10. The molecule has 2 aliphatic rings. The van der Waals surface area contributed by atoms with Gasteiger partial charge in [-0.3, -0.25) is 9.59 Å². The van der Waals surface area contributed by atoms with Crippen molar-refractivity contribution < 1.29 is 23.8 Å². The molecule has 0 saturated carbocycles. The third-order valence-electron chi connectivity index (χ3n) is 7.54. The van der Waals surface area contributed by atoms with E-state index in [1.165, 1.54) is 4.90 Å². The van der Waals surface area contributed by atoms with Crippen LogP contribution in [0.1, 0.15) is 24.8 Å². The first-order valence-electron chi connectivity index (χ1n) is 15.0. The summed E-state index contributed by atoms with van der Waals surface area (Å²) in [4.78, 5) is 32.5. The highest BCUT2D eigenvalue weighted by atomic mass is 35.5. The molecule has 8 nitrogen and oxygen atoms in total. The zero-order valence-corrected chi connectivity index (χ0v) is 26.5. The monoisotopic (exact) mass is 635 g/mol. The first kappa shape index (κ1) is 32.1. The Kier molecular flexibility index (Phi) is 11.7. The van der Waals surface area contributed by atoms with Crippen LogP contribution in [0, 0.1) is 0 Å². The summed E-state index contributed by atoms with van der Waals surface area (Å²) in [5, 5.41) is 0.315.